The molecule has 186 valence electrons. The van der Waals surface area contributed by atoms with E-state index in [4.69, 9.17) is 8.83 Å². The molecule has 0 fully saturated rings. The molecule has 2 heterocycles. The molecule has 2 aromatic heterocycles. The molecule has 38 heavy (non-hydrogen) atoms. The topological polar surface area (TPSA) is 26.3 Å². The minimum atomic E-state index is 0.0618. The summed E-state index contributed by atoms with van der Waals surface area (Å²) < 4.78 is 13.2. The minimum absolute atomic E-state index is 0.0618. The zero-order chi connectivity index (χ0) is 26.1. The summed E-state index contributed by atoms with van der Waals surface area (Å²) in [6.07, 6.45) is 0. The molecule has 2 heteroatoms. The van der Waals surface area contributed by atoms with Gasteiger partial charge in [-0.2, -0.15) is 0 Å². The van der Waals surface area contributed by atoms with Crippen LogP contribution in [-0.2, 0) is 10.8 Å². The van der Waals surface area contributed by atoms with Gasteiger partial charge in [0, 0.05) is 32.3 Å². The summed E-state index contributed by atoms with van der Waals surface area (Å²) in [7, 11) is 0. The van der Waals surface area contributed by atoms with Crippen molar-refractivity contribution in [2.75, 3.05) is 0 Å². The maximum absolute atomic E-state index is 6.60. The van der Waals surface area contributed by atoms with Gasteiger partial charge in [0.25, 0.3) is 0 Å². The van der Waals surface area contributed by atoms with Crippen molar-refractivity contribution < 1.29 is 8.83 Å². The van der Waals surface area contributed by atoms with Crippen molar-refractivity contribution in [2.45, 2.75) is 52.4 Å². The Balaban J connectivity index is 1.55. The van der Waals surface area contributed by atoms with E-state index in [0.717, 1.165) is 33.1 Å². The van der Waals surface area contributed by atoms with Crippen LogP contribution in [0.2, 0.25) is 0 Å². The van der Waals surface area contributed by atoms with Crippen LogP contribution in [0.15, 0.2) is 81.6 Å². The van der Waals surface area contributed by atoms with Gasteiger partial charge in [-0.25, -0.2) is 0 Å². The molecule has 0 saturated heterocycles. The van der Waals surface area contributed by atoms with Crippen LogP contribution in [-0.4, -0.2) is 0 Å². The normalized spacial score (nSPS) is 13.5. The number of rotatable bonds is 0. The Morgan fingerprint density at radius 2 is 0.816 bits per heavy atom. The van der Waals surface area contributed by atoms with E-state index in [9.17, 15) is 0 Å². The maximum atomic E-state index is 6.60. The summed E-state index contributed by atoms with van der Waals surface area (Å²) in [5, 5.41) is 12.2. The Bertz CT molecular complexity index is 2080. The van der Waals surface area contributed by atoms with Crippen LogP contribution in [0.25, 0.3) is 76.2 Å². The van der Waals surface area contributed by atoms with Crippen molar-refractivity contribution in [3.8, 4) is 0 Å². The van der Waals surface area contributed by atoms with Crippen molar-refractivity contribution in [3.63, 3.8) is 0 Å². The second kappa shape index (κ2) is 6.88. The van der Waals surface area contributed by atoms with Gasteiger partial charge in [0.1, 0.15) is 22.3 Å². The first-order chi connectivity index (χ1) is 18.1. The molecule has 0 amide bonds. The summed E-state index contributed by atoms with van der Waals surface area (Å²) >= 11 is 0. The van der Waals surface area contributed by atoms with Crippen molar-refractivity contribution in [2.24, 2.45) is 0 Å². The Kier molecular flexibility index (Phi) is 3.98. The number of hydrogen-bond donors (Lipinski definition) is 0. The third-order valence-electron chi connectivity index (χ3n) is 8.50. The highest BCUT2D eigenvalue weighted by Gasteiger charge is 2.22. The fraction of sp³-hybridized carbons (Fsp3) is 0.222. The standard InChI is InChI=1S/C36H30O2/c1-35(2,3)21-9-11-23-25-15-19-8-14-28-34-26(24-12-10-22(36(4,5)6)18-30(24)38-28)16-20-7-13-27(37-29(23)17-21)33(25)31(20)32(19)34/h7-18H,1-6H3. The molecular weight excluding hydrogens is 464 g/mol. The molecule has 0 aliphatic rings. The molecule has 0 N–H and O–H groups in total. The lowest BCUT2D eigenvalue weighted by molar-refractivity contribution is 0.587. The van der Waals surface area contributed by atoms with Gasteiger partial charge < -0.3 is 8.83 Å². The Morgan fingerprint density at radius 3 is 1.21 bits per heavy atom. The van der Waals surface area contributed by atoms with E-state index in [2.05, 4.69) is 114 Å². The fourth-order valence-electron chi connectivity index (χ4n) is 6.39. The molecule has 0 aliphatic carbocycles. The lowest BCUT2D eigenvalue weighted by atomic mass is 9.84. The van der Waals surface area contributed by atoms with Gasteiger partial charge in [-0.05, 0) is 79.9 Å². The minimum Gasteiger partial charge on any atom is -0.456 e. The predicted molar refractivity (Wildman–Crippen MR) is 162 cm³/mol. The summed E-state index contributed by atoms with van der Waals surface area (Å²) in [6.45, 7) is 13.5. The first-order valence-corrected chi connectivity index (χ1v) is 13.5. The number of benzene rings is 6. The second-order valence-corrected chi connectivity index (χ2v) is 13.0. The maximum Gasteiger partial charge on any atom is 0.135 e. The molecule has 0 saturated carbocycles. The fourth-order valence-corrected chi connectivity index (χ4v) is 6.39. The zero-order valence-corrected chi connectivity index (χ0v) is 22.7. The Hall–Kier alpha value is -4.04. The first-order valence-electron chi connectivity index (χ1n) is 13.5. The van der Waals surface area contributed by atoms with Crippen LogP contribution in [0.4, 0.5) is 0 Å². The SMILES string of the molecule is CC(C)(C)c1ccc2c(c1)oc1ccc3cc4c5ccc(C(C)(C)C)cc5oc5ccc6cc2c1c3c6c54. The Morgan fingerprint density at radius 1 is 0.395 bits per heavy atom. The highest BCUT2D eigenvalue weighted by atomic mass is 16.3. The van der Waals surface area contributed by atoms with Gasteiger partial charge in [-0.3, -0.25) is 0 Å². The van der Waals surface area contributed by atoms with Gasteiger partial charge in [0.15, 0.2) is 0 Å². The predicted octanol–water partition coefficient (Wildman–Crippen LogP) is 11.0. The summed E-state index contributed by atoms with van der Waals surface area (Å²) in [5.74, 6) is 0. The molecule has 0 aliphatic heterocycles. The van der Waals surface area contributed by atoms with Crippen LogP contribution < -0.4 is 0 Å². The molecule has 0 spiro atoms. The van der Waals surface area contributed by atoms with E-state index in [0.29, 0.717) is 0 Å². The van der Waals surface area contributed by atoms with Crippen molar-refractivity contribution in [3.05, 3.63) is 83.9 Å². The van der Waals surface area contributed by atoms with Gasteiger partial charge in [-0.15, -0.1) is 0 Å². The molecule has 0 atom stereocenters. The average molecular weight is 495 g/mol. The van der Waals surface area contributed by atoms with E-state index < -0.39 is 0 Å². The molecule has 8 aromatic rings. The van der Waals surface area contributed by atoms with E-state index >= 15 is 0 Å². The van der Waals surface area contributed by atoms with Crippen molar-refractivity contribution >= 4 is 76.2 Å². The number of fused-ring (bicyclic) bond motifs is 4. The first kappa shape index (κ1) is 22.0. The molecule has 2 nitrogen and oxygen atoms in total. The monoisotopic (exact) mass is 494 g/mol. The zero-order valence-electron chi connectivity index (χ0n) is 22.7. The second-order valence-electron chi connectivity index (χ2n) is 13.0. The van der Waals surface area contributed by atoms with Gasteiger partial charge in [0.2, 0.25) is 0 Å². The summed E-state index contributed by atoms with van der Waals surface area (Å²) in [4.78, 5) is 0. The van der Waals surface area contributed by atoms with Crippen LogP contribution in [0, 0.1) is 0 Å². The van der Waals surface area contributed by atoms with Crippen LogP contribution in [0.3, 0.4) is 0 Å². The van der Waals surface area contributed by atoms with Crippen LogP contribution in [0.5, 0.6) is 0 Å². The van der Waals surface area contributed by atoms with Crippen LogP contribution >= 0.6 is 0 Å². The average Bonchev–Trinajstić information content (AvgIpc) is 2.88. The van der Waals surface area contributed by atoms with Gasteiger partial charge in [-0.1, -0.05) is 77.9 Å². The highest BCUT2D eigenvalue weighted by molar-refractivity contribution is 6.39. The number of hydrogen-bond acceptors (Lipinski definition) is 2. The molecule has 6 aromatic carbocycles. The lowest BCUT2D eigenvalue weighted by Crippen LogP contribution is -2.10. The molecule has 0 unspecified atom stereocenters. The van der Waals surface area contributed by atoms with E-state index in [-0.39, 0.29) is 10.8 Å². The largest absolute Gasteiger partial charge is 0.456 e. The molecule has 0 radical (unpaired) electrons. The van der Waals surface area contributed by atoms with E-state index in [1.807, 2.05) is 0 Å². The summed E-state index contributed by atoms with van der Waals surface area (Å²) in [5.41, 5.74) is 6.43. The Labute approximate surface area is 221 Å². The summed E-state index contributed by atoms with van der Waals surface area (Å²) in [6, 6.07) is 26.9. The van der Waals surface area contributed by atoms with E-state index in [1.54, 1.807) is 0 Å². The van der Waals surface area contributed by atoms with Crippen LogP contribution in [0.1, 0.15) is 52.7 Å². The quantitative estimate of drug-likeness (QED) is 0.155. The smallest absolute Gasteiger partial charge is 0.135 e. The third kappa shape index (κ3) is 2.83. The van der Waals surface area contributed by atoms with Gasteiger partial charge >= 0.3 is 0 Å². The third-order valence-corrected chi connectivity index (χ3v) is 8.50. The molecule has 0 bridgehead atoms. The van der Waals surface area contributed by atoms with Crippen molar-refractivity contribution in [1.29, 1.82) is 0 Å². The molecular formula is C36H30O2. The van der Waals surface area contributed by atoms with Gasteiger partial charge in [0.05, 0.1) is 0 Å². The van der Waals surface area contributed by atoms with E-state index in [1.165, 1.54) is 54.2 Å². The highest BCUT2D eigenvalue weighted by Crippen LogP contribution is 2.47. The lowest BCUT2D eigenvalue weighted by Gasteiger charge is -2.21. The van der Waals surface area contributed by atoms with Crippen molar-refractivity contribution in [1.82, 2.24) is 0 Å². The molecule has 8 rings (SSSR count).